The first-order valence-corrected chi connectivity index (χ1v) is 27.1. The minimum atomic E-state index is -2.59. The molecule has 7 rings (SSSR count). The highest BCUT2D eigenvalue weighted by atomic mass is 35.5. The largest absolute Gasteiger partial charge is 0.494 e. The number of benzene rings is 3. The Bertz CT molecular complexity index is 2740. The Morgan fingerprint density at radius 3 is 2.36 bits per heavy atom. The fraction of sp³-hybridized carbons (Fsp3) is 0.420. The quantitative estimate of drug-likeness (QED) is 0.0599. The number of methoxy groups -OCH3 is 1. The van der Waals surface area contributed by atoms with Crippen molar-refractivity contribution >= 4 is 87.8 Å². The molecule has 0 bridgehead atoms. The third kappa shape index (κ3) is 12.8. The van der Waals surface area contributed by atoms with Crippen LogP contribution in [0.25, 0.3) is 10.4 Å². The third-order valence-corrected chi connectivity index (χ3v) is 15.2. The minimum Gasteiger partial charge on any atom is -0.494 e. The number of ether oxygens (including phenoxy) is 1. The Morgan fingerprint density at radius 1 is 0.957 bits per heavy atom. The van der Waals surface area contributed by atoms with Crippen molar-refractivity contribution in [2.75, 3.05) is 68.7 Å². The van der Waals surface area contributed by atoms with E-state index >= 15 is 0 Å². The number of β-amino-alcohol motifs (C(OH)–C–C–N with tert-alkyl or cyclic N) is 1. The third-order valence-electron chi connectivity index (χ3n) is 12.4. The molecule has 70 heavy (non-hydrogen) atoms. The van der Waals surface area contributed by atoms with Crippen LogP contribution < -0.4 is 36.2 Å². The van der Waals surface area contributed by atoms with E-state index in [2.05, 4.69) is 41.1 Å². The maximum atomic E-state index is 14.1. The standard InChI is InChI=1S/C50H62ClN10O7PS/c1-31-44(70-30-54-31)33-17-15-32(16-18-33)27-52-47(65)39-26-35(62)29-61(39)48(66)45(50(2,3)4)57-42(63)13-10-14-43(64)60-23-21-59(22-24-60)34-19-20-37(40(25-34)68-5)56-49-53-28-36(51)46(58-49)55-38-11-8-9-12-41(38)69(6,7)67/h8-9,11-12,15-20,25,28,30,35,39,45,62H,10,13-14,21-24,26-27,29H2,1-7H3,(H,52,65)(H,57,63)(H2,53,55,56,58)/t35-,39+,45-/m1/s1. The first kappa shape index (κ1) is 51.8. The molecular weight excluding hydrogens is 951 g/mol. The topological polar surface area (TPSA) is 211 Å². The number of amides is 4. The van der Waals surface area contributed by atoms with Crippen molar-refractivity contribution in [1.29, 1.82) is 0 Å². The molecular formula is C50H62ClN10O7PS. The summed E-state index contributed by atoms with van der Waals surface area (Å²) in [4.78, 5) is 74.0. The summed E-state index contributed by atoms with van der Waals surface area (Å²) in [5.41, 5.74) is 6.16. The number of nitrogens with one attached hydrogen (secondary N) is 4. The number of carbonyl (C=O) groups excluding carboxylic acids is 4. The molecule has 2 aliphatic heterocycles. The SMILES string of the molecule is COc1cc(N2CCN(C(=O)CCCC(=O)N[C@H](C(=O)N3C[C@H](O)C[C@H]3C(=O)NCc3ccc(-c4scnc4C)cc3)C(C)(C)C)CC2)ccc1Nc1ncc(Cl)c(Nc2ccccc2P(C)(C)=O)n1. The molecule has 2 aromatic heterocycles. The minimum absolute atomic E-state index is 0.0267. The van der Waals surface area contributed by atoms with Crippen LogP contribution in [0.3, 0.4) is 0 Å². The zero-order valence-electron chi connectivity index (χ0n) is 40.6. The second-order valence-electron chi connectivity index (χ2n) is 19.1. The van der Waals surface area contributed by atoms with Crippen LogP contribution >= 0.6 is 30.1 Å². The normalized spacial score (nSPS) is 16.7. The molecule has 0 radical (unpaired) electrons. The summed E-state index contributed by atoms with van der Waals surface area (Å²) in [7, 11) is -1.01. The molecule has 3 aromatic carbocycles. The number of likely N-dealkylation sites (tertiary alicyclic amines) is 1. The number of hydrogen-bond donors (Lipinski definition) is 5. The lowest BCUT2D eigenvalue weighted by molar-refractivity contribution is -0.144. The predicted molar refractivity (Wildman–Crippen MR) is 276 cm³/mol. The molecule has 2 aliphatic rings. The van der Waals surface area contributed by atoms with Gasteiger partial charge in [0, 0.05) is 75.6 Å². The van der Waals surface area contributed by atoms with Gasteiger partial charge in [-0.05, 0) is 67.5 Å². The monoisotopic (exact) mass is 1010 g/mol. The average Bonchev–Trinajstić information content (AvgIpc) is 3.95. The van der Waals surface area contributed by atoms with Crippen molar-refractivity contribution in [2.45, 2.75) is 78.1 Å². The Labute approximate surface area is 418 Å². The Hall–Kier alpha value is -6.07. The highest BCUT2D eigenvalue weighted by molar-refractivity contribution is 7.70. The molecule has 3 atom stereocenters. The van der Waals surface area contributed by atoms with E-state index in [-0.39, 0.29) is 56.0 Å². The fourth-order valence-electron chi connectivity index (χ4n) is 8.58. The lowest BCUT2D eigenvalue weighted by Crippen LogP contribution is -2.57. The van der Waals surface area contributed by atoms with Crippen LogP contribution in [0.2, 0.25) is 5.02 Å². The van der Waals surface area contributed by atoms with E-state index in [9.17, 15) is 28.8 Å². The zero-order valence-corrected chi connectivity index (χ0v) is 43.1. The van der Waals surface area contributed by atoms with Gasteiger partial charge in [0.2, 0.25) is 29.6 Å². The Kier molecular flexibility index (Phi) is 16.5. The van der Waals surface area contributed by atoms with E-state index in [0.29, 0.717) is 65.9 Å². The van der Waals surface area contributed by atoms with Crippen LogP contribution in [0.5, 0.6) is 5.75 Å². The number of piperazine rings is 1. The van der Waals surface area contributed by atoms with E-state index in [0.717, 1.165) is 27.4 Å². The number of para-hydroxylation sites is 1. The van der Waals surface area contributed by atoms with Gasteiger partial charge in [0.1, 0.15) is 30.0 Å². The Balaban J connectivity index is 0.873. The highest BCUT2D eigenvalue weighted by Crippen LogP contribution is 2.39. The predicted octanol–water partition coefficient (Wildman–Crippen LogP) is 6.93. The molecule has 0 saturated carbocycles. The van der Waals surface area contributed by atoms with Gasteiger partial charge in [-0.15, -0.1) is 11.3 Å². The van der Waals surface area contributed by atoms with Gasteiger partial charge >= 0.3 is 0 Å². The summed E-state index contributed by atoms with van der Waals surface area (Å²) >= 11 is 8.04. The first-order chi connectivity index (χ1) is 33.3. The molecule has 5 aromatic rings. The average molecular weight is 1010 g/mol. The van der Waals surface area contributed by atoms with Crippen molar-refractivity contribution in [3.8, 4) is 16.2 Å². The summed E-state index contributed by atoms with van der Waals surface area (Å²) in [5, 5.41) is 23.9. The van der Waals surface area contributed by atoms with Gasteiger partial charge in [-0.2, -0.15) is 4.98 Å². The Morgan fingerprint density at radius 2 is 1.69 bits per heavy atom. The molecule has 2 fully saturated rings. The van der Waals surface area contributed by atoms with Crippen molar-refractivity contribution in [3.63, 3.8) is 0 Å². The van der Waals surface area contributed by atoms with Gasteiger partial charge < -0.3 is 50.4 Å². The number of aliphatic hydroxyl groups excluding tert-OH is 1. The van der Waals surface area contributed by atoms with E-state index in [1.807, 2.05) is 99.9 Å². The number of anilines is 5. The van der Waals surface area contributed by atoms with Crippen molar-refractivity contribution in [1.82, 2.24) is 35.4 Å². The summed E-state index contributed by atoms with van der Waals surface area (Å²) < 4.78 is 18.7. The number of carbonyl (C=O) groups is 4. The van der Waals surface area contributed by atoms with Crippen LogP contribution in [0.4, 0.5) is 28.8 Å². The molecule has 2 saturated heterocycles. The van der Waals surface area contributed by atoms with Crippen molar-refractivity contribution < 1.29 is 33.6 Å². The fourth-order valence-corrected chi connectivity index (χ4v) is 10.7. The summed E-state index contributed by atoms with van der Waals surface area (Å²) in [6.07, 6.45) is 1.18. The van der Waals surface area contributed by atoms with Crippen LogP contribution in [0.1, 0.15) is 57.7 Å². The number of aliphatic hydroxyl groups is 1. The van der Waals surface area contributed by atoms with Crippen molar-refractivity contribution in [2.24, 2.45) is 5.41 Å². The first-order valence-electron chi connectivity index (χ1n) is 23.3. The van der Waals surface area contributed by atoms with Crippen LogP contribution in [-0.4, -0.2) is 125 Å². The number of aromatic nitrogens is 3. The van der Waals surface area contributed by atoms with Crippen LogP contribution in [-0.2, 0) is 30.3 Å². The number of hydrogen-bond acceptors (Lipinski definition) is 14. The van der Waals surface area contributed by atoms with Gasteiger partial charge in [-0.25, -0.2) is 9.97 Å². The number of thiazole rings is 1. The number of nitrogens with zero attached hydrogens (tertiary/aromatic N) is 6. The molecule has 0 aliphatic carbocycles. The molecule has 0 spiro atoms. The number of aryl methyl sites for hydroxylation is 1. The van der Waals surface area contributed by atoms with E-state index < -0.39 is 36.7 Å². The molecule has 0 unspecified atom stereocenters. The molecule has 4 amide bonds. The molecule has 5 N–H and O–H groups in total. The van der Waals surface area contributed by atoms with Gasteiger partial charge in [-0.3, -0.25) is 19.2 Å². The maximum Gasteiger partial charge on any atom is 0.246 e. The molecule has 17 nitrogen and oxygen atoms in total. The smallest absolute Gasteiger partial charge is 0.246 e. The maximum absolute atomic E-state index is 14.1. The summed E-state index contributed by atoms with van der Waals surface area (Å²) in [6, 6.07) is 19.1. The van der Waals surface area contributed by atoms with Gasteiger partial charge in [0.15, 0.2) is 5.82 Å². The van der Waals surface area contributed by atoms with Gasteiger partial charge in [-0.1, -0.05) is 68.8 Å². The summed E-state index contributed by atoms with van der Waals surface area (Å²) in [5.74, 6) is -0.0743. The van der Waals surface area contributed by atoms with Crippen molar-refractivity contribution in [3.05, 3.63) is 94.7 Å². The van der Waals surface area contributed by atoms with Crippen LogP contribution in [0, 0.1) is 12.3 Å². The second kappa shape index (κ2) is 22.3. The lowest BCUT2D eigenvalue weighted by atomic mass is 9.85. The molecule has 20 heteroatoms. The zero-order chi connectivity index (χ0) is 50.3. The lowest BCUT2D eigenvalue weighted by Gasteiger charge is -2.36. The van der Waals surface area contributed by atoms with E-state index in [4.69, 9.17) is 16.3 Å². The van der Waals surface area contributed by atoms with Gasteiger partial charge in [0.05, 0.1) is 46.9 Å². The van der Waals surface area contributed by atoms with E-state index in [1.54, 1.807) is 36.7 Å². The highest BCUT2D eigenvalue weighted by Gasteiger charge is 2.44. The van der Waals surface area contributed by atoms with Crippen LogP contribution in [0.15, 0.2) is 78.4 Å². The summed E-state index contributed by atoms with van der Waals surface area (Å²) in [6.45, 7) is 13.3. The number of halogens is 1. The van der Waals surface area contributed by atoms with E-state index in [1.165, 1.54) is 11.1 Å². The van der Waals surface area contributed by atoms with Gasteiger partial charge in [0.25, 0.3) is 0 Å². The second-order valence-corrected chi connectivity index (χ2v) is 23.5. The molecule has 372 valence electrons. The number of rotatable bonds is 17. The molecule has 4 heterocycles.